The van der Waals surface area contributed by atoms with Crippen molar-refractivity contribution in [1.29, 1.82) is 0 Å². The van der Waals surface area contributed by atoms with E-state index in [0.717, 1.165) is 18.4 Å². The molecule has 0 spiro atoms. The Morgan fingerprint density at radius 2 is 2.00 bits per heavy atom. The summed E-state index contributed by atoms with van der Waals surface area (Å²) in [6, 6.07) is 6.06. The normalized spacial score (nSPS) is 12.3. The first-order chi connectivity index (χ1) is 8.13. The molecule has 0 heterocycles. The lowest BCUT2D eigenvalue weighted by Crippen LogP contribution is -2.39. The minimum Gasteiger partial charge on any atom is -0.508 e. The van der Waals surface area contributed by atoms with Crippen LogP contribution >= 0.6 is 0 Å². The van der Waals surface area contributed by atoms with Crippen LogP contribution in [0.25, 0.3) is 0 Å². The summed E-state index contributed by atoms with van der Waals surface area (Å²) in [6.07, 6.45) is 2.44. The number of hydrogen-bond donors (Lipinski definition) is 3. The number of carbonyl (C=O) groups is 1. The van der Waals surface area contributed by atoms with Gasteiger partial charge < -0.3 is 15.5 Å². The van der Waals surface area contributed by atoms with Crippen molar-refractivity contribution in [2.75, 3.05) is 6.54 Å². The van der Waals surface area contributed by atoms with Gasteiger partial charge in [0.15, 0.2) is 0 Å². The fourth-order valence-electron chi connectivity index (χ4n) is 1.57. The number of nitrogens with one attached hydrogen (secondary N) is 1. The predicted octanol–water partition coefficient (Wildman–Crippen LogP) is 1.78. The molecular formula is C13H19NO3. The molecule has 0 unspecified atom stereocenters. The largest absolute Gasteiger partial charge is 0.508 e. The Morgan fingerprint density at radius 1 is 1.35 bits per heavy atom. The Morgan fingerprint density at radius 3 is 2.53 bits per heavy atom. The number of rotatable bonds is 7. The number of phenolic OH excluding ortho intramolecular Hbond substituents is 1. The molecule has 1 aromatic rings. The maximum Gasteiger partial charge on any atom is 0.321 e. The second-order valence-corrected chi connectivity index (χ2v) is 4.07. The zero-order chi connectivity index (χ0) is 12.7. The van der Waals surface area contributed by atoms with E-state index in [2.05, 4.69) is 12.2 Å². The number of carboxylic acids is 1. The van der Waals surface area contributed by atoms with Gasteiger partial charge in [-0.3, -0.25) is 4.79 Å². The summed E-state index contributed by atoms with van der Waals surface area (Å²) < 4.78 is 0. The van der Waals surface area contributed by atoms with Crippen molar-refractivity contribution >= 4 is 5.97 Å². The van der Waals surface area contributed by atoms with E-state index in [4.69, 9.17) is 10.2 Å². The molecule has 0 radical (unpaired) electrons. The van der Waals surface area contributed by atoms with Gasteiger partial charge in [-0.1, -0.05) is 25.5 Å². The highest BCUT2D eigenvalue weighted by Crippen LogP contribution is 2.11. The van der Waals surface area contributed by atoms with Crippen LogP contribution in [-0.4, -0.2) is 28.8 Å². The number of phenols is 1. The van der Waals surface area contributed by atoms with Crippen molar-refractivity contribution in [3.05, 3.63) is 29.8 Å². The second-order valence-electron chi connectivity index (χ2n) is 4.07. The standard InChI is InChI=1S/C13H19NO3/c1-2-3-8-14-12(13(16)17)9-10-4-6-11(15)7-5-10/h4-7,12,14-15H,2-3,8-9H2,1H3,(H,16,17)/t12-/m0/s1. The van der Waals surface area contributed by atoms with E-state index in [1.807, 2.05) is 0 Å². The third-order valence-corrected chi connectivity index (χ3v) is 2.60. The lowest BCUT2D eigenvalue weighted by Gasteiger charge is -2.14. The average Bonchev–Trinajstić information content (AvgIpc) is 2.30. The van der Waals surface area contributed by atoms with E-state index in [9.17, 15) is 4.79 Å². The van der Waals surface area contributed by atoms with Crippen LogP contribution in [0.1, 0.15) is 25.3 Å². The van der Waals surface area contributed by atoms with Gasteiger partial charge in [-0.05, 0) is 37.1 Å². The molecule has 1 atom stereocenters. The number of benzene rings is 1. The molecule has 0 saturated carbocycles. The Hall–Kier alpha value is -1.55. The maximum absolute atomic E-state index is 11.1. The lowest BCUT2D eigenvalue weighted by atomic mass is 10.1. The minimum atomic E-state index is -0.839. The van der Waals surface area contributed by atoms with Crippen molar-refractivity contribution in [1.82, 2.24) is 5.32 Å². The van der Waals surface area contributed by atoms with Crippen molar-refractivity contribution in [3.8, 4) is 5.75 Å². The molecule has 0 amide bonds. The number of aliphatic carboxylic acids is 1. The van der Waals surface area contributed by atoms with E-state index >= 15 is 0 Å². The number of hydrogen-bond acceptors (Lipinski definition) is 3. The van der Waals surface area contributed by atoms with Crippen LogP contribution in [0.15, 0.2) is 24.3 Å². The van der Waals surface area contributed by atoms with Crippen LogP contribution in [0.2, 0.25) is 0 Å². The Bertz CT molecular complexity index is 348. The summed E-state index contributed by atoms with van der Waals surface area (Å²) in [7, 11) is 0. The molecule has 0 saturated heterocycles. The van der Waals surface area contributed by atoms with Crippen molar-refractivity contribution in [2.45, 2.75) is 32.2 Å². The first-order valence-electron chi connectivity index (χ1n) is 5.87. The Balaban J connectivity index is 2.54. The zero-order valence-corrected chi connectivity index (χ0v) is 10.0. The molecule has 4 heteroatoms. The van der Waals surface area contributed by atoms with Gasteiger partial charge in [-0.15, -0.1) is 0 Å². The van der Waals surface area contributed by atoms with Crippen LogP contribution in [0.5, 0.6) is 5.75 Å². The van der Waals surface area contributed by atoms with Crippen LogP contribution < -0.4 is 5.32 Å². The molecule has 0 aliphatic rings. The Labute approximate surface area is 101 Å². The summed E-state index contributed by atoms with van der Waals surface area (Å²) in [5.41, 5.74) is 0.902. The van der Waals surface area contributed by atoms with Crippen LogP contribution in [0.4, 0.5) is 0 Å². The molecule has 1 rings (SSSR count). The molecule has 0 bridgehead atoms. The topological polar surface area (TPSA) is 69.6 Å². The summed E-state index contributed by atoms with van der Waals surface area (Å²) in [4.78, 5) is 11.1. The molecule has 0 aliphatic carbocycles. The molecule has 94 valence electrons. The first-order valence-corrected chi connectivity index (χ1v) is 5.87. The second kappa shape index (κ2) is 6.91. The van der Waals surface area contributed by atoms with Gasteiger partial charge in [-0.2, -0.15) is 0 Å². The van der Waals surface area contributed by atoms with Gasteiger partial charge in [0, 0.05) is 0 Å². The van der Waals surface area contributed by atoms with E-state index in [1.165, 1.54) is 0 Å². The van der Waals surface area contributed by atoms with Crippen molar-refractivity contribution in [3.63, 3.8) is 0 Å². The van der Waals surface area contributed by atoms with Gasteiger partial charge in [0.25, 0.3) is 0 Å². The van der Waals surface area contributed by atoms with E-state index in [1.54, 1.807) is 24.3 Å². The highest BCUT2D eigenvalue weighted by molar-refractivity contribution is 5.73. The highest BCUT2D eigenvalue weighted by atomic mass is 16.4. The van der Waals surface area contributed by atoms with Crippen LogP contribution in [0.3, 0.4) is 0 Å². The lowest BCUT2D eigenvalue weighted by molar-refractivity contribution is -0.139. The van der Waals surface area contributed by atoms with Crippen molar-refractivity contribution < 1.29 is 15.0 Å². The smallest absolute Gasteiger partial charge is 0.321 e. The molecule has 4 nitrogen and oxygen atoms in total. The average molecular weight is 237 g/mol. The monoisotopic (exact) mass is 237 g/mol. The highest BCUT2D eigenvalue weighted by Gasteiger charge is 2.16. The van der Waals surface area contributed by atoms with E-state index in [0.29, 0.717) is 13.0 Å². The van der Waals surface area contributed by atoms with Gasteiger partial charge in [0.1, 0.15) is 11.8 Å². The number of carboxylic acid groups (broad SMARTS) is 1. The SMILES string of the molecule is CCCCN[C@@H](Cc1ccc(O)cc1)C(=O)O. The zero-order valence-electron chi connectivity index (χ0n) is 10.0. The Kier molecular flexibility index (Phi) is 5.49. The molecule has 0 aliphatic heterocycles. The summed E-state index contributed by atoms with van der Waals surface area (Å²) in [5.74, 6) is -0.645. The first kappa shape index (κ1) is 13.5. The molecule has 0 fully saturated rings. The third-order valence-electron chi connectivity index (χ3n) is 2.60. The summed E-state index contributed by atoms with van der Waals surface area (Å²) in [6.45, 7) is 2.78. The predicted molar refractivity (Wildman–Crippen MR) is 66.1 cm³/mol. The van der Waals surface area contributed by atoms with Gasteiger partial charge in [0.2, 0.25) is 0 Å². The van der Waals surface area contributed by atoms with Crippen LogP contribution in [0, 0.1) is 0 Å². The fourth-order valence-corrected chi connectivity index (χ4v) is 1.57. The minimum absolute atomic E-state index is 0.194. The fraction of sp³-hybridized carbons (Fsp3) is 0.462. The molecule has 17 heavy (non-hydrogen) atoms. The maximum atomic E-state index is 11.1. The summed E-state index contributed by atoms with van der Waals surface area (Å²) in [5, 5.41) is 21.2. The summed E-state index contributed by atoms with van der Waals surface area (Å²) >= 11 is 0. The molecule has 3 N–H and O–H groups in total. The van der Waals surface area contributed by atoms with Crippen LogP contribution in [-0.2, 0) is 11.2 Å². The van der Waals surface area contributed by atoms with Gasteiger partial charge >= 0.3 is 5.97 Å². The van der Waals surface area contributed by atoms with Gasteiger partial charge in [-0.25, -0.2) is 0 Å². The molecular weight excluding hydrogens is 218 g/mol. The molecule has 0 aromatic heterocycles. The number of unbranched alkanes of at least 4 members (excludes halogenated alkanes) is 1. The number of aromatic hydroxyl groups is 1. The quantitative estimate of drug-likeness (QED) is 0.632. The molecule has 1 aromatic carbocycles. The van der Waals surface area contributed by atoms with Crippen molar-refractivity contribution in [2.24, 2.45) is 0 Å². The third kappa shape index (κ3) is 4.87. The van der Waals surface area contributed by atoms with Gasteiger partial charge in [0.05, 0.1) is 0 Å². The van der Waals surface area contributed by atoms with E-state index < -0.39 is 12.0 Å². The van der Waals surface area contributed by atoms with E-state index in [-0.39, 0.29) is 5.75 Å².